The van der Waals surface area contributed by atoms with Crippen LogP contribution in [-0.4, -0.2) is 43.1 Å². The number of aliphatic imine (C=N–C) groups is 1. The molecular formula is C17H27FN4. The van der Waals surface area contributed by atoms with Gasteiger partial charge in [0.05, 0.1) is 6.54 Å². The summed E-state index contributed by atoms with van der Waals surface area (Å²) in [6.07, 6.45) is 3.28. The van der Waals surface area contributed by atoms with E-state index in [0.29, 0.717) is 18.5 Å². The summed E-state index contributed by atoms with van der Waals surface area (Å²) in [7, 11) is 0. The average Bonchev–Trinajstić information content (AvgIpc) is 2.95. The van der Waals surface area contributed by atoms with Gasteiger partial charge >= 0.3 is 0 Å². The molecule has 1 aromatic carbocycles. The maximum Gasteiger partial charge on any atom is 0.188 e. The number of guanidine groups is 1. The van der Waals surface area contributed by atoms with Crippen LogP contribution >= 0.6 is 0 Å². The van der Waals surface area contributed by atoms with E-state index in [9.17, 15) is 4.39 Å². The fourth-order valence-electron chi connectivity index (χ4n) is 3.04. The van der Waals surface area contributed by atoms with Crippen molar-refractivity contribution in [1.29, 1.82) is 0 Å². The van der Waals surface area contributed by atoms with E-state index in [1.807, 2.05) is 13.0 Å². The summed E-state index contributed by atoms with van der Waals surface area (Å²) < 4.78 is 13.0. The van der Waals surface area contributed by atoms with E-state index in [2.05, 4.69) is 22.1 Å². The van der Waals surface area contributed by atoms with E-state index in [0.717, 1.165) is 30.6 Å². The lowest BCUT2D eigenvalue weighted by molar-refractivity contribution is 0.273. The van der Waals surface area contributed by atoms with E-state index >= 15 is 0 Å². The van der Waals surface area contributed by atoms with Crippen LogP contribution in [0.3, 0.4) is 0 Å². The summed E-state index contributed by atoms with van der Waals surface area (Å²) in [5.41, 5.74) is 8.03. The molecule has 22 heavy (non-hydrogen) atoms. The van der Waals surface area contributed by atoms with Crippen molar-refractivity contribution in [2.24, 2.45) is 10.7 Å². The predicted octanol–water partition coefficient (Wildman–Crippen LogP) is 2.07. The Morgan fingerprint density at radius 2 is 2.32 bits per heavy atom. The van der Waals surface area contributed by atoms with Gasteiger partial charge in [0.2, 0.25) is 0 Å². The monoisotopic (exact) mass is 306 g/mol. The van der Waals surface area contributed by atoms with E-state index in [-0.39, 0.29) is 5.82 Å². The Labute approximate surface area is 132 Å². The van der Waals surface area contributed by atoms with Crippen LogP contribution in [0, 0.1) is 12.7 Å². The topological polar surface area (TPSA) is 53.6 Å². The average molecular weight is 306 g/mol. The molecule has 0 spiro atoms. The van der Waals surface area contributed by atoms with Crippen LogP contribution in [0.1, 0.15) is 30.9 Å². The highest BCUT2D eigenvalue weighted by atomic mass is 19.1. The van der Waals surface area contributed by atoms with Gasteiger partial charge in [0.15, 0.2) is 5.96 Å². The minimum Gasteiger partial charge on any atom is -0.370 e. The SMILES string of the molecule is CCN1CCCC1CN=C(N)NCCc1ccc(F)cc1C. The largest absolute Gasteiger partial charge is 0.370 e. The molecule has 1 fully saturated rings. The van der Waals surface area contributed by atoms with Crippen LogP contribution < -0.4 is 11.1 Å². The minimum atomic E-state index is -0.188. The zero-order valence-electron chi connectivity index (χ0n) is 13.6. The molecule has 3 N–H and O–H groups in total. The van der Waals surface area contributed by atoms with Crippen molar-refractivity contribution in [3.8, 4) is 0 Å². The lowest BCUT2D eigenvalue weighted by atomic mass is 10.1. The predicted molar refractivity (Wildman–Crippen MR) is 89.6 cm³/mol. The van der Waals surface area contributed by atoms with E-state index < -0.39 is 0 Å². The number of rotatable bonds is 6. The summed E-state index contributed by atoms with van der Waals surface area (Å²) >= 11 is 0. The van der Waals surface area contributed by atoms with Gasteiger partial charge in [0, 0.05) is 12.6 Å². The second-order valence-electron chi connectivity index (χ2n) is 5.90. The highest BCUT2D eigenvalue weighted by Gasteiger charge is 2.22. The second-order valence-corrected chi connectivity index (χ2v) is 5.90. The third kappa shape index (κ3) is 4.70. The van der Waals surface area contributed by atoms with Gasteiger partial charge in [-0.15, -0.1) is 0 Å². The van der Waals surface area contributed by atoms with Crippen LogP contribution in [-0.2, 0) is 6.42 Å². The summed E-state index contributed by atoms with van der Waals surface area (Å²) in [6, 6.07) is 5.42. The minimum absolute atomic E-state index is 0.188. The molecule has 0 amide bonds. The summed E-state index contributed by atoms with van der Waals surface area (Å²) in [4.78, 5) is 6.91. The Bertz CT molecular complexity index is 515. The molecule has 1 unspecified atom stereocenters. The first-order valence-corrected chi connectivity index (χ1v) is 8.13. The van der Waals surface area contributed by atoms with Crippen molar-refractivity contribution < 1.29 is 4.39 Å². The molecule has 0 aromatic heterocycles. The van der Waals surface area contributed by atoms with Crippen LogP contribution in [0.5, 0.6) is 0 Å². The lowest BCUT2D eigenvalue weighted by Gasteiger charge is -2.21. The molecule has 1 aromatic rings. The molecule has 1 atom stereocenters. The quantitative estimate of drug-likeness (QED) is 0.625. The Morgan fingerprint density at radius 3 is 3.05 bits per heavy atom. The molecule has 0 saturated carbocycles. The van der Waals surface area contributed by atoms with Gasteiger partial charge in [-0.1, -0.05) is 13.0 Å². The van der Waals surface area contributed by atoms with Crippen LogP contribution in [0.4, 0.5) is 4.39 Å². The van der Waals surface area contributed by atoms with Gasteiger partial charge in [-0.25, -0.2) is 4.39 Å². The number of nitrogens with zero attached hydrogens (tertiary/aromatic N) is 2. The molecule has 5 heteroatoms. The van der Waals surface area contributed by atoms with Crippen molar-refractivity contribution in [3.05, 3.63) is 35.1 Å². The maximum absolute atomic E-state index is 13.0. The molecule has 0 radical (unpaired) electrons. The first kappa shape index (κ1) is 16.7. The van der Waals surface area contributed by atoms with Crippen molar-refractivity contribution in [1.82, 2.24) is 10.2 Å². The number of likely N-dealkylation sites (N-methyl/N-ethyl adjacent to an activating group) is 1. The number of halogens is 1. The third-order valence-electron chi connectivity index (χ3n) is 4.38. The Morgan fingerprint density at radius 1 is 1.50 bits per heavy atom. The molecule has 122 valence electrons. The molecular weight excluding hydrogens is 279 g/mol. The van der Waals surface area contributed by atoms with Crippen molar-refractivity contribution in [3.63, 3.8) is 0 Å². The number of aryl methyl sites for hydroxylation is 1. The number of hydrogen-bond acceptors (Lipinski definition) is 2. The van der Waals surface area contributed by atoms with E-state index in [1.165, 1.54) is 25.5 Å². The van der Waals surface area contributed by atoms with Gasteiger partial charge in [0.25, 0.3) is 0 Å². The van der Waals surface area contributed by atoms with Crippen molar-refractivity contribution in [2.45, 2.75) is 39.2 Å². The number of nitrogens with one attached hydrogen (secondary N) is 1. The molecule has 2 rings (SSSR count). The van der Waals surface area contributed by atoms with Gasteiger partial charge in [-0.2, -0.15) is 0 Å². The van der Waals surface area contributed by atoms with Crippen LogP contribution in [0.15, 0.2) is 23.2 Å². The third-order valence-corrected chi connectivity index (χ3v) is 4.38. The molecule has 4 nitrogen and oxygen atoms in total. The zero-order chi connectivity index (χ0) is 15.9. The van der Waals surface area contributed by atoms with Gasteiger partial charge in [-0.05, 0) is 62.5 Å². The van der Waals surface area contributed by atoms with Gasteiger partial charge < -0.3 is 11.1 Å². The molecule has 1 aliphatic heterocycles. The summed E-state index contributed by atoms with van der Waals surface area (Å²) in [5, 5.41) is 3.15. The lowest BCUT2D eigenvalue weighted by Crippen LogP contribution is -2.36. The highest BCUT2D eigenvalue weighted by Crippen LogP contribution is 2.16. The molecule has 1 aliphatic rings. The number of benzene rings is 1. The molecule has 0 bridgehead atoms. The first-order chi connectivity index (χ1) is 10.6. The highest BCUT2D eigenvalue weighted by molar-refractivity contribution is 5.77. The molecule has 1 saturated heterocycles. The van der Waals surface area contributed by atoms with Crippen molar-refractivity contribution in [2.75, 3.05) is 26.2 Å². The van der Waals surface area contributed by atoms with Crippen LogP contribution in [0.25, 0.3) is 0 Å². The fourth-order valence-corrected chi connectivity index (χ4v) is 3.04. The zero-order valence-corrected chi connectivity index (χ0v) is 13.6. The number of nitrogens with two attached hydrogens (primary N) is 1. The number of likely N-dealkylation sites (tertiary alicyclic amines) is 1. The Hall–Kier alpha value is -1.62. The summed E-state index contributed by atoms with van der Waals surface area (Å²) in [6.45, 7) is 7.85. The summed E-state index contributed by atoms with van der Waals surface area (Å²) in [5.74, 6) is 0.315. The number of hydrogen-bond donors (Lipinski definition) is 2. The maximum atomic E-state index is 13.0. The van der Waals surface area contributed by atoms with E-state index in [1.54, 1.807) is 6.07 Å². The van der Waals surface area contributed by atoms with Crippen LogP contribution in [0.2, 0.25) is 0 Å². The van der Waals surface area contributed by atoms with Gasteiger partial charge in [-0.3, -0.25) is 9.89 Å². The fraction of sp³-hybridized carbons (Fsp3) is 0.588. The molecule has 0 aliphatic carbocycles. The molecule has 1 heterocycles. The second kappa shape index (κ2) is 8.13. The Kier molecular flexibility index (Phi) is 6.19. The van der Waals surface area contributed by atoms with Gasteiger partial charge in [0.1, 0.15) is 5.82 Å². The Balaban J connectivity index is 1.75. The standard InChI is InChI=1S/C17H27FN4/c1-3-22-10-4-5-16(22)12-21-17(19)20-9-8-14-6-7-15(18)11-13(14)2/h6-7,11,16H,3-5,8-10,12H2,1-2H3,(H3,19,20,21). The first-order valence-electron chi connectivity index (χ1n) is 8.13. The normalized spacial score (nSPS) is 19.6. The smallest absolute Gasteiger partial charge is 0.188 e. The van der Waals surface area contributed by atoms with E-state index in [4.69, 9.17) is 5.73 Å². The van der Waals surface area contributed by atoms with Crippen molar-refractivity contribution >= 4 is 5.96 Å².